The lowest BCUT2D eigenvalue weighted by Crippen LogP contribution is -2.15. The fourth-order valence-electron chi connectivity index (χ4n) is 1.52. The van der Waals surface area contributed by atoms with E-state index in [1.165, 1.54) is 0 Å². The van der Waals surface area contributed by atoms with E-state index in [2.05, 4.69) is 15.4 Å². The van der Waals surface area contributed by atoms with E-state index in [-0.39, 0.29) is 0 Å². The maximum absolute atomic E-state index is 5.63. The minimum atomic E-state index is 0.428. The van der Waals surface area contributed by atoms with Crippen LogP contribution in [0.15, 0.2) is 0 Å². The van der Waals surface area contributed by atoms with Crippen LogP contribution in [-0.4, -0.2) is 28.6 Å². The van der Waals surface area contributed by atoms with Gasteiger partial charge in [0.2, 0.25) is 0 Å². The van der Waals surface area contributed by atoms with Crippen LogP contribution < -0.4 is 5.73 Å². The molecule has 1 saturated heterocycles. The number of aromatic amines is 1. The van der Waals surface area contributed by atoms with Gasteiger partial charge in [-0.3, -0.25) is 0 Å². The lowest BCUT2D eigenvalue weighted by molar-refractivity contribution is 0.0846. The monoisotopic (exact) mass is 168 g/mol. The lowest BCUT2D eigenvalue weighted by Gasteiger charge is -2.19. The topological polar surface area (TPSA) is 76.8 Å². The zero-order valence-electron chi connectivity index (χ0n) is 6.79. The average Bonchev–Trinajstić information content (AvgIpc) is 2.53. The molecule has 3 N–H and O–H groups in total. The van der Waals surface area contributed by atoms with Crippen LogP contribution in [0.3, 0.4) is 0 Å². The van der Waals surface area contributed by atoms with E-state index in [1.807, 2.05) is 0 Å². The van der Waals surface area contributed by atoms with Crippen molar-refractivity contribution in [2.75, 3.05) is 18.9 Å². The van der Waals surface area contributed by atoms with Gasteiger partial charge in [-0.2, -0.15) is 10.3 Å². The van der Waals surface area contributed by atoms with Gasteiger partial charge in [0, 0.05) is 19.1 Å². The summed E-state index contributed by atoms with van der Waals surface area (Å²) in [5.41, 5.74) is 6.53. The number of rotatable bonds is 1. The summed E-state index contributed by atoms with van der Waals surface area (Å²) in [6.07, 6.45) is 1.99. The third-order valence-electron chi connectivity index (χ3n) is 2.21. The molecule has 66 valence electrons. The average molecular weight is 168 g/mol. The number of nitrogens with two attached hydrogens (primary N) is 1. The number of anilines is 1. The van der Waals surface area contributed by atoms with Gasteiger partial charge in [-0.15, -0.1) is 5.10 Å². The highest BCUT2D eigenvalue weighted by atomic mass is 16.5. The molecule has 1 fully saturated rings. The van der Waals surface area contributed by atoms with Crippen molar-refractivity contribution >= 4 is 5.82 Å². The van der Waals surface area contributed by atoms with Crippen LogP contribution in [0.25, 0.3) is 0 Å². The Hall–Kier alpha value is -1.10. The van der Waals surface area contributed by atoms with E-state index in [0.29, 0.717) is 11.7 Å². The van der Waals surface area contributed by atoms with Crippen molar-refractivity contribution < 1.29 is 4.74 Å². The van der Waals surface area contributed by atoms with Gasteiger partial charge >= 0.3 is 0 Å². The third kappa shape index (κ3) is 1.27. The number of nitrogens with zero attached hydrogens (tertiary/aromatic N) is 2. The van der Waals surface area contributed by atoms with Gasteiger partial charge in [-0.05, 0) is 12.8 Å². The Kier molecular flexibility index (Phi) is 1.95. The number of hydrogen-bond acceptors (Lipinski definition) is 4. The summed E-state index contributed by atoms with van der Waals surface area (Å²) in [5.74, 6) is 0.958. The zero-order valence-corrected chi connectivity index (χ0v) is 6.79. The van der Waals surface area contributed by atoms with Gasteiger partial charge in [-0.1, -0.05) is 0 Å². The Morgan fingerprint density at radius 2 is 2.08 bits per heavy atom. The summed E-state index contributed by atoms with van der Waals surface area (Å²) in [6.45, 7) is 1.61. The van der Waals surface area contributed by atoms with E-state index in [1.54, 1.807) is 0 Å². The number of H-pyrrole nitrogens is 1. The Morgan fingerprint density at radius 1 is 1.33 bits per heavy atom. The normalized spacial score (nSPS) is 19.7. The molecule has 0 spiro atoms. The second kappa shape index (κ2) is 3.10. The van der Waals surface area contributed by atoms with E-state index in [9.17, 15) is 0 Å². The Balaban J connectivity index is 2.13. The van der Waals surface area contributed by atoms with Crippen molar-refractivity contribution in [2.24, 2.45) is 0 Å². The first-order chi connectivity index (χ1) is 5.88. The minimum absolute atomic E-state index is 0.428. The van der Waals surface area contributed by atoms with Gasteiger partial charge in [0.1, 0.15) is 5.69 Å². The molecule has 1 aliphatic heterocycles. The smallest absolute Gasteiger partial charge is 0.169 e. The van der Waals surface area contributed by atoms with Crippen molar-refractivity contribution in [1.29, 1.82) is 0 Å². The predicted molar refractivity (Wildman–Crippen MR) is 43.6 cm³/mol. The molecule has 0 unspecified atom stereocenters. The molecule has 2 heterocycles. The van der Waals surface area contributed by atoms with Crippen molar-refractivity contribution in [2.45, 2.75) is 18.8 Å². The van der Waals surface area contributed by atoms with Crippen molar-refractivity contribution in [1.82, 2.24) is 15.4 Å². The Morgan fingerprint density at radius 3 is 2.67 bits per heavy atom. The van der Waals surface area contributed by atoms with Gasteiger partial charge in [0.25, 0.3) is 0 Å². The third-order valence-corrected chi connectivity index (χ3v) is 2.21. The van der Waals surface area contributed by atoms with E-state index in [0.717, 1.165) is 31.7 Å². The van der Waals surface area contributed by atoms with Crippen molar-refractivity contribution in [3.63, 3.8) is 0 Å². The number of nitrogens with one attached hydrogen (secondary N) is 1. The van der Waals surface area contributed by atoms with E-state index >= 15 is 0 Å². The zero-order chi connectivity index (χ0) is 8.39. The molecule has 1 aliphatic rings. The largest absolute Gasteiger partial charge is 0.381 e. The number of aromatic nitrogens is 3. The first-order valence-corrected chi connectivity index (χ1v) is 4.12. The first-order valence-electron chi connectivity index (χ1n) is 4.12. The van der Waals surface area contributed by atoms with Crippen LogP contribution in [0, 0.1) is 0 Å². The molecule has 5 nitrogen and oxygen atoms in total. The molecule has 5 heteroatoms. The molecule has 12 heavy (non-hydrogen) atoms. The van der Waals surface area contributed by atoms with Gasteiger partial charge < -0.3 is 10.5 Å². The summed E-state index contributed by atoms with van der Waals surface area (Å²) in [7, 11) is 0. The second-order valence-electron chi connectivity index (χ2n) is 2.98. The summed E-state index contributed by atoms with van der Waals surface area (Å²) in [6, 6.07) is 0. The molecule has 1 aromatic rings. The lowest BCUT2D eigenvalue weighted by atomic mass is 9.97. The molecular formula is C7H12N4O. The van der Waals surface area contributed by atoms with Crippen LogP contribution in [0.5, 0.6) is 0 Å². The van der Waals surface area contributed by atoms with Crippen LogP contribution in [-0.2, 0) is 4.74 Å². The van der Waals surface area contributed by atoms with Crippen LogP contribution >= 0.6 is 0 Å². The minimum Gasteiger partial charge on any atom is -0.381 e. The predicted octanol–water partition coefficient (Wildman–Crippen LogP) is 0.281. The van der Waals surface area contributed by atoms with Crippen LogP contribution in [0.2, 0.25) is 0 Å². The second-order valence-corrected chi connectivity index (χ2v) is 2.98. The first kappa shape index (κ1) is 7.54. The number of nitrogen functional groups attached to an aromatic ring is 1. The number of hydrogen-bond donors (Lipinski definition) is 2. The standard InChI is InChI=1S/C7H12N4O/c8-7-6(9-11-10-7)5-1-3-12-4-2-5/h5H,1-4H2,(H3,8,9,10,11). The molecule has 0 aliphatic carbocycles. The van der Waals surface area contributed by atoms with Crippen molar-refractivity contribution in [3.05, 3.63) is 5.69 Å². The van der Waals surface area contributed by atoms with Crippen molar-refractivity contribution in [3.8, 4) is 0 Å². The summed E-state index contributed by atoms with van der Waals surface area (Å²) < 4.78 is 5.24. The molecule has 0 atom stereocenters. The summed E-state index contributed by atoms with van der Waals surface area (Å²) in [5, 5.41) is 10.3. The summed E-state index contributed by atoms with van der Waals surface area (Å²) >= 11 is 0. The Labute approximate surface area is 70.3 Å². The molecular weight excluding hydrogens is 156 g/mol. The SMILES string of the molecule is Nc1n[nH]nc1C1CCOCC1. The number of ether oxygens (including phenoxy) is 1. The fourth-order valence-corrected chi connectivity index (χ4v) is 1.52. The molecule has 0 bridgehead atoms. The van der Waals surface area contributed by atoms with E-state index in [4.69, 9.17) is 10.5 Å². The van der Waals surface area contributed by atoms with E-state index < -0.39 is 0 Å². The van der Waals surface area contributed by atoms with Crippen LogP contribution in [0.4, 0.5) is 5.82 Å². The van der Waals surface area contributed by atoms with Crippen LogP contribution in [0.1, 0.15) is 24.5 Å². The van der Waals surface area contributed by atoms with Gasteiger partial charge in [0.15, 0.2) is 5.82 Å². The maximum atomic E-state index is 5.63. The highest BCUT2D eigenvalue weighted by molar-refractivity contribution is 5.34. The maximum Gasteiger partial charge on any atom is 0.169 e. The van der Waals surface area contributed by atoms with Gasteiger partial charge in [-0.25, -0.2) is 0 Å². The fraction of sp³-hybridized carbons (Fsp3) is 0.714. The molecule has 0 aromatic carbocycles. The molecule has 2 rings (SSSR count). The highest BCUT2D eigenvalue weighted by Gasteiger charge is 2.20. The quantitative estimate of drug-likeness (QED) is 0.631. The molecule has 0 saturated carbocycles. The van der Waals surface area contributed by atoms with Gasteiger partial charge in [0.05, 0.1) is 0 Å². The molecule has 0 amide bonds. The Bertz CT molecular complexity index is 254. The molecule has 0 radical (unpaired) electrons. The molecule has 1 aromatic heterocycles. The highest BCUT2D eigenvalue weighted by Crippen LogP contribution is 2.27. The summed E-state index contributed by atoms with van der Waals surface area (Å²) in [4.78, 5) is 0.